The van der Waals surface area contributed by atoms with Crippen LogP contribution in [0.15, 0.2) is 84.9 Å². The molecule has 5 aromatic carbocycles. The molecule has 39 heavy (non-hydrogen) atoms. The van der Waals surface area contributed by atoms with Crippen LogP contribution in [0.3, 0.4) is 0 Å². The molecule has 0 aliphatic heterocycles. The van der Waals surface area contributed by atoms with Crippen LogP contribution in [0.25, 0.3) is 44.5 Å². The van der Waals surface area contributed by atoms with Gasteiger partial charge in [0.05, 0.1) is 17.2 Å². The van der Waals surface area contributed by atoms with E-state index in [2.05, 4.69) is 0 Å². The zero-order chi connectivity index (χ0) is 27.8. The minimum atomic E-state index is -1.18. The van der Waals surface area contributed by atoms with Crippen LogP contribution in [0.2, 0.25) is 10.0 Å². The topological polar surface area (TPSA) is 9.23 Å². The van der Waals surface area contributed by atoms with Gasteiger partial charge in [-0.1, -0.05) is 71.7 Å². The zero-order valence-corrected chi connectivity index (χ0v) is 21.6. The summed E-state index contributed by atoms with van der Waals surface area (Å²) in [7, 11) is 1.23. The van der Waals surface area contributed by atoms with Gasteiger partial charge in [0.25, 0.3) is 0 Å². The normalized spacial score (nSPS) is 11.1. The van der Waals surface area contributed by atoms with Crippen molar-refractivity contribution >= 4 is 23.2 Å². The lowest BCUT2D eigenvalue weighted by molar-refractivity contribution is 0.389. The van der Waals surface area contributed by atoms with E-state index >= 15 is 4.39 Å². The Bertz CT molecular complexity index is 1720. The lowest BCUT2D eigenvalue weighted by Crippen LogP contribution is -2.03. The molecule has 1 nitrogen and oxygen atoms in total. The van der Waals surface area contributed by atoms with Crippen molar-refractivity contribution in [2.45, 2.75) is 0 Å². The van der Waals surface area contributed by atoms with Gasteiger partial charge in [0.2, 0.25) is 0 Å². The molecule has 0 fully saturated rings. The van der Waals surface area contributed by atoms with Gasteiger partial charge in [0, 0.05) is 22.3 Å². The monoisotopic (exact) mass is 570 g/mol. The second kappa shape index (κ2) is 10.7. The van der Waals surface area contributed by atoms with Crippen LogP contribution >= 0.6 is 23.2 Å². The molecule has 0 saturated heterocycles. The third kappa shape index (κ3) is 4.86. The number of ether oxygens (including phenoxy) is 1. The fourth-order valence-corrected chi connectivity index (χ4v) is 4.87. The molecule has 0 spiro atoms. The first-order valence-electron chi connectivity index (χ1n) is 11.6. The lowest BCUT2D eigenvalue weighted by atomic mass is 9.81. The maximum absolute atomic E-state index is 16.6. The van der Waals surface area contributed by atoms with E-state index in [1.165, 1.54) is 43.5 Å². The Balaban J connectivity index is 2.04. The number of hydrogen-bond acceptors (Lipinski definition) is 1. The molecule has 196 valence electrons. The summed E-state index contributed by atoms with van der Waals surface area (Å²) in [5.74, 6) is -4.91. The van der Waals surface area contributed by atoms with Crippen LogP contribution in [-0.2, 0) is 0 Å². The Morgan fingerprint density at radius 1 is 0.487 bits per heavy atom. The molecule has 0 heterocycles. The highest BCUT2D eigenvalue weighted by molar-refractivity contribution is 6.31. The molecule has 0 aromatic heterocycles. The summed E-state index contributed by atoms with van der Waals surface area (Å²) in [6, 6.07) is 19.4. The predicted octanol–water partition coefficient (Wildman–Crippen LogP) is 10.4. The van der Waals surface area contributed by atoms with Crippen molar-refractivity contribution in [3.63, 3.8) is 0 Å². The van der Waals surface area contributed by atoms with Crippen molar-refractivity contribution in [3.05, 3.63) is 124 Å². The summed E-state index contributed by atoms with van der Waals surface area (Å²) in [5, 5.41) is -0.365. The average molecular weight is 571 g/mol. The van der Waals surface area contributed by atoms with Crippen molar-refractivity contribution in [3.8, 4) is 50.3 Å². The summed E-state index contributed by atoms with van der Waals surface area (Å²) < 4.78 is 79.3. The van der Waals surface area contributed by atoms with Gasteiger partial charge in [0.1, 0.15) is 11.6 Å². The van der Waals surface area contributed by atoms with E-state index in [-0.39, 0.29) is 54.7 Å². The largest absolute Gasteiger partial charge is 0.493 e. The van der Waals surface area contributed by atoms with Crippen LogP contribution in [-0.4, -0.2) is 7.11 Å². The van der Waals surface area contributed by atoms with Crippen molar-refractivity contribution in [1.82, 2.24) is 0 Å². The molecule has 0 saturated carbocycles. The summed E-state index contributed by atoms with van der Waals surface area (Å²) in [4.78, 5) is 0. The van der Waals surface area contributed by atoms with Gasteiger partial charge >= 0.3 is 0 Å². The summed E-state index contributed by atoms with van der Waals surface area (Å²) in [6.07, 6.45) is 0. The second-order valence-corrected chi connectivity index (χ2v) is 9.41. The highest BCUT2D eigenvalue weighted by atomic mass is 35.5. The molecule has 5 aromatic rings. The van der Waals surface area contributed by atoms with Crippen molar-refractivity contribution in [2.75, 3.05) is 7.11 Å². The molecule has 8 heteroatoms. The first-order valence-corrected chi connectivity index (χ1v) is 12.3. The highest BCUT2D eigenvalue weighted by Crippen LogP contribution is 2.52. The van der Waals surface area contributed by atoms with E-state index in [1.54, 1.807) is 30.3 Å². The first-order chi connectivity index (χ1) is 18.7. The fourth-order valence-electron chi connectivity index (χ4n) is 4.57. The van der Waals surface area contributed by atoms with Gasteiger partial charge in [0.15, 0.2) is 23.2 Å². The maximum atomic E-state index is 16.6. The van der Waals surface area contributed by atoms with Crippen molar-refractivity contribution in [1.29, 1.82) is 0 Å². The number of methoxy groups -OCH3 is 1. The fraction of sp³-hybridized carbons (Fsp3) is 0.0323. The first kappa shape index (κ1) is 26.7. The van der Waals surface area contributed by atoms with Crippen LogP contribution < -0.4 is 4.74 Å². The molecular formula is C31H17Cl2F5O. The van der Waals surface area contributed by atoms with Crippen LogP contribution in [0.5, 0.6) is 5.75 Å². The van der Waals surface area contributed by atoms with Gasteiger partial charge in [-0.05, 0) is 58.7 Å². The quantitative estimate of drug-likeness (QED) is 0.191. The molecule has 0 aliphatic carbocycles. The Kier molecular flexibility index (Phi) is 7.34. The third-order valence-electron chi connectivity index (χ3n) is 6.29. The molecule has 0 atom stereocenters. The smallest absolute Gasteiger partial charge is 0.174 e. The molecule has 0 N–H and O–H groups in total. The maximum Gasteiger partial charge on any atom is 0.174 e. The molecule has 0 aliphatic rings. The van der Waals surface area contributed by atoms with E-state index < -0.39 is 29.1 Å². The van der Waals surface area contributed by atoms with Gasteiger partial charge in [-0.15, -0.1) is 0 Å². The minimum absolute atomic E-state index is 0.0166. The van der Waals surface area contributed by atoms with Crippen LogP contribution in [0.1, 0.15) is 0 Å². The predicted molar refractivity (Wildman–Crippen MR) is 145 cm³/mol. The van der Waals surface area contributed by atoms with Gasteiger partial charge in [-0.25, -0.2) is 22.0 Å². The molecule has 0 amide bonds. The SMILES string of the molecule is COc1c(F)c(-c2ccc(F)c(F)c2)c(-c2ccccc2)c(-c2ccc(Cl)c(F)c2)c1-c1ccc(F)c(Cl)c1. The van der Waals surface area contributed by atoms with E-state index in [4.69, 9.17) is 27.9 Å². The van der Waals surface area contributed by atoms with Crippen molar-refractivity contribution in [2.24, 2.45) is 0 Å². The standard InChI is InChI=1S/C31H17Cl2F5O/c1-39-31-29(17-8-11-22(34)21(33)13-17)27(18-7-10-20(32)24(36)14-18)26(16-5-3-2-4-6-16)28(30(31)38)19-9-12-23(35)25(37)15-19/h2-15H,1H3. The molecule has 5 rings (SSSR count). The Hall–Kier alpha value is -3.87. The lowest BCUT2D eigenvalue weighted by Gasteiger charge is -2.24. The number of benzene rings is 5. The molecule has 0 radical (unpaired) electrons. The van der Waals surface area contributed by atoms with E-state index in [0.29, 0.717) is 5.56 Å². The average Bonchev–Trinajstić information content (AvgIpc) is 2.93. The highest BCUT2D eigenvalue weighted by Gasteiger charge is 2.29. The molecule has 0 bridgehead atoms. The Morgan fingerprint density at radius 2 is 1.05 bits per heavy atom. The zero-order valence-electron chi connectivity index (χ0n) is 20.1. The van der Waals surface area contributed by atoms with E-state index in [9.17, 15) is 17.6 Å². The van der Waals surface area contributed by atoms with E-state index in [1.807, 2.05) is 0 Å². The molecule has 0 unspecified atom stereocenters. The molecular weight excluding hydrogens is 554 g/mol. The van der Waals surface area contributed by atoms with Gasteiger partial charge in [-0.2, -0.15) is 0 Å². The van der Waals surface area contributed by atoms with Crippen LogP contribution in [0.4, 0.5) is 22.0 Å². The number of halogens is 7. The van der Waals surface area contributed by atoms with Gasteiger partial charge in [-0.3, -0.25) is 0 Å². The second-order valence-electron chi connectivity index (χ2n) is 8.60. The summed E-state index contributed by atoms with van der Waals surface area (Å²) >= 11 is 12.1. The third-order valence-corrected chi connectivity index (χ3v) is 6.88. The van der Waals surface area contributed by atoms with Gasteiger partial charge < -0.3 is 4.74 Å². The Morgan fingerprint density at radius 3 is 1.67 bits per heavy atom. The number of hydrogen-bond donors (Lipinski definition) is 0. The van der Waals surface area contributed by atoms with E-state index in [0.717, 1.165) is 18.2 Å². The van der Waals surface area contributed by atoms with Crippen molar-refractivity contribution < 1.29 is 26.7 Å². The van der Waals surface area contributed by atoms with Crippen LogP contribution in [0, 0.1) is 29.1 Å². The minimum Gasteiger partial charge on any atom is -0.493 e. The summed E-state index contributed by atoms with van der Waals surface area (Å²) in [5.41, 5.74) is 1.59. The summed E-state index contributed by atoms with van der Waals surface area (Å²) in [6.45, 7) is 0. The number of rotatable bonds is 5. The Labute approximate surface area is 231 Å².